The largest absolute Gasteiger partial charge is 0.517 e. The van der Waals surface area contributed by atoms with Crippen LogP contribution in [-0.2, 0) is 9.31 Å². The van der Waals surface area contributed by atoms with Crippen molar-refractivity contribution in [3.8, 4) is 0 Å². The van der Waals surface area contributed by atoms with E-state index in [1.807, 2.05) is 50.6 Å². The van der Waals surface area contributed by atoms with Gasteiger partial charge in [-0.3, -0.25) is 0 Å². The van der Waals surface area contributed by atoms with Crippen LogP contribution < -0.4 is 5.59 Å². The molecule has 3 heterocycles. The lowest BCUT2D eigenvalue weighted by atomic mass is 9.83. The highest BCUT2D eigenvalue weighted by atomic mass is 127. The number of fused-ring (bicyclic) bond motifs is 1. The Labute approximate surface area is 130 Å². The highest BCUT2D eigenvalue weighted by Crippen LogP contribution is 2.36. The predicted molar refractivity (Wildman–Crippen MR) is 82.6 cm³/mol. The van der Waals surface area contributed by atoms with Crippen molar-refractivity contribution in [3.63, 3.8) is 0 Å². The van der Waals surface area contributed by atoms with Gasteiger partial charge in [-0.2, -0.15) is 7.99 Å². The minimum atomic E-state index is -0.623. The Morgan fingerprint density at radius 1 is 1.25 bits per heavy atom. The molecular formula is C12H14BFIN3O2. The van der Waals surface area contributed by atoms with Gasteiger partial charge in [-0.1, -0.05) is 0 Å². The Hall–Kier alpha value is -0.735. The number of pyridine rings is 1. The number of rotatable bonds is 1. The molecular weight excluding hydrogens is 375 g/mol. The second kappa shape index (κ2) is 4.38. The summed E-state index contributed by atoms with van der Waals surface area (Å²) in [6, 6.07) is 1.41. The number of hydrogen-bond donors (Lipinski definition) is 0. The Bertz CT molecular complexity index is 673. The van der Waals surface area contributed by atoms with Gasteiger partial charge >= 0.3 is 7.12 Å². The normalized spacial score (nSPS) is 20.8. The van der Waals surface area contributed by atoms with Gasteiger partial charge in [0.1, 0.15) is 11.4 Å². The van der Waals surface area contributed by atoms with E-state index >= 15 is 0 Å². The van der Waals surface area contributed by atoms with Crippen LogP contribution in [0.3, 0.4) is 0 Å². The topological polar surface area (TPSA) is 49.2 Å². The molecule has 2 aromatic heterocycles. The average Bonchev–Trinajstić information content (AvgIpc) is 2.74. The average molecular weight is 389 g/mol. The second-order valence-electron chi connectivity index (χ2n) is 5.86. The third-order valence-corrected chi connectivity index (χ3v) is 4.63. The van der Waals surface area contributed by atoms with E-state index in [0.29, 0.717) is 16.6 Å². The first-order valence-electron chi connectivity index (χ1n) is 6.27. The molecule has 0 amide bonds. The molecule has 2 aromatic rings. The van der Waals surface area contributed by atoms with Crippen LogP contribution >= 0.6 is 22.9 Å². The molecule has 106 valence electrons. The van der Waals surface area contributed by atoms with Crippen LogP contribution in [0.15, 0.2) is 12.3 Å². The molecule has 0 N–H and O–H groups in total. The summed E-state index contributed by atoms with van der Waals surface area (Å²) in [6.07, 6.45) is 1.17. The fourth-order valence-corrected chi connectivity index (χ4v) is 2.71. The molecule has 0 aliphatic carbocycles. The Balaban J connectivity index is 2.10. The summed E-state index contributed by atoms with van der Waals surface area (Å²) < 4.78 is 26.9. The number of halogens is 2. The minimum Gasteiger partial charge on any atom is -0.398 e. The van der Waals surface area contributed by atoms with Gasteiger partial charge in [0.2, 0.25) is 0 Å². The zero-order chi connectivity index (χ0) is 14.7. The number of aromatic nitrogens is 3. The van der Waals surface area contributed by atoms with E-state index in [1.165, 1.54) is 12.3 Å². The van der Waals surface area contributed by atoms with E-state index in [-0.39, 0.29) is 0 Å². The molecule has 0 radical (unpaired) electrons. The Morgan fingerprint density at radius 3 is 2.45 bits per heavy atom. The first-order valence-corrected chi connectivity index (χ1v) is 7.24. The van der Waals surface area contributed by atoms with Crippen molar-refractivity contribution in [1.82, 2.24) is 13.0 Å². The summed E-state index contributed by atoms with van der Waals surface area (Å²) in [5, 5.41) is 4.98. The predicted octanol–water partition coefficient (Wildman–Crippen LogP) is 2.07. The Morgan fingerprint density at radius 2 is 1.85 bits per heavy atom. The molecule has 3 rings (SSSR count). The van der Waals surface area contributed by atoms with Gasteiger partial charge in [-0.25, -0.2) is 9.37 Å². The molecule has 0 atom stereocenters. The smallest absolute Gasteiger partial charge is 0.398 e. The molecule has 0 bridgehead atoms. The minimum absolute atomic E-state index is 0.403. The molecule has 20 heavy (non-hydrogen) atoms. The van der Waals surface area contributed by atoms with Gasteiger partial charge in [0.15, 0.2) is 5.65 Å². The fraction of sp³-hybridized carbons (Fsp3) is 0.500. The SMILES string of the molecule is CC1(C)OB(c2nn(I)c3ncc(F)cc23)OC1(C)C. The van der Waals surface area contributed by atoms with Crippen LogP contribution in [0.5, 0.6) is 0 Å². The van der Waals surface area contributed by atoms with Crippen molar-refractivity contribution >= 4 is 46.6 Å². The third kappa shape index (κ3) is 2.04. The summed E-state index contributed by atoms with van der Waals surface area (Å²) in [5.74, 6) is -0.403. The van der Waals surface area contributed by atoms with Crippen molar-refractivity contribution in [3.05, 3.63) is 18.1 Å². The van der Waals surface area contributed by atoms with Crippen molar-refractivity contribution in [2.45, 2.75) is 38.9 Å². The lowest BCUT2D eigenvalue weighted by molar-refractivity contribution is 0.00578. The molecule has 8 heteroatoms. The third-order valence-electron chi connectivity index (χ3n) is 3.96. The van der Waals surface area contributed by atoms with Gasteiger partial charge in [-0.05, 0) is 33.8 Å². The molecule has 1 fully saturated rings. The van der Waals surface area contributed by atoms with Gasteiger partial charge in [0.25, 0.3) is 0 Å². The first kappa shape index (κ1) is 14.2. The maximum Gasteiger partial charge on any atom is 0.517 e. The number of nitrogens with zero attached hydrogens (tertiary/aromatic N) is 3. The maximum absolute atomic E-state index is 13.4. The molecule has 0 unspecified atom stereocenters. The van der Waals surface area contributed by atoms with Crippen LogP contribution in [0.4, 0.5) is 4.39 Å². The van der Waals surface area contributed by atoms with Gasteiger partial charge in [-0.15, -0.1) is 0 Å². The van der Waals surface area contributed by atoms with Crippen molar-refractivity contribution in [2.75, 3.05) is 0 Å². The molecule has 1 aliphatic heterocycles. The summed E-state index contributed by atoms with van der Waals surface area (Å²) >= 11 is 2.00. The molecule has 5 nitrogen and oxygen atoms in total. The number of hydrogen-bond acceptors (Lipinski definition) is 4. The van der Waals surface area contributed by atoms with Crippen molar-refractivity contribution in [2.24, 2.45) is 0 Å². The van der Waals surface area contributed by atoms with E-state index < -0.39 is 24.1 Å². The zero-order valence-electron chi connectivity index (χ0n) is 11.6. The highest BCUT2D eigenvalue weighted by Gasteiger charge is 2.53. The van der Waals surface area contributed by atoms with Crippen molar-refractivity contribution in [1.29, 1.82) is 0 Å². The van der Waals surface area contributed by atoms with Gasteiger partial charge < -0.3 is 9.31 Å². The van der Waals surface area contributed by atoms with E-state index in [2.05, 4.69) is 10.1 Å². The molecule has 0 saturated carbocycles. The molecule has 1 saturated heterocycles. The second-order valence-corrected chi connectivity index (χ2v) is 6.77. The lowest BCUT2D eigenvalue weighted by Crippen LogP contribution is -2.41. The molecule has 0 spiro atoms. The summed E-state index contributed by atoms with van der Waals surface area (Å²) in [4.78, 5) is 4.05. The summed E-state index contributed by atoms with van der Waals surface area (Å²) in [6.45, 7) is 7.87. The Kier molecular flexibility index (Phi) is 3.11. The van der Waals surface area contributed by atoms with Crippen LogP contribution in [0.25, 0.3) is 11.0 Å². The van der Waals surface area contributed by atoms with Crippen LogP contribution in [0, 0.1) is 5.82 Å². The highest BCUT2D eigenvalue weighted by molar-refractivity contribution is 14.1. The van der Waals surface area contributed by atoms with Crippen molar-refractivity contribution < 1.29 is 13.7 Å². The molecule has 0 aromatic carbocycles. The van der Waals surface area contributed by atoms with E-state index in [9.17, 15) is 4.39 Å². The first-order chi connectivity index (χ1) is 9.21. The van der Waals surface area contributed by atoms with Gasteiger partial charge in [0, 0.05) is 5.39 Å². The van der Waals surface area contributed by atoms with E-state index in [1.54, 1.807) is 2.90 Å². The maximum atomic E-state index is 13.4. The van der Waals surface area contributed by atoms with E-state index in [0.717, 1.165) is 0 Å². The monoisotopic (exact) mass is 389 g/mol. The fourth-order valence-electron chi connectivity index (χ4n) is 2.09. The molecule has 1 aliphatic rings. The van der Waals surface area contributed by atoms with Crippen LogP contribution in [0.1, 0.15) is 27.7 Å². The van der Waals surface area contributed by atoms with Gasteiger partial charge in [0.05, 0.1) is 40.3 Å². The summed E-state index contributed by atoms with van der Waals surface area (Å²) in [7, 11) is -0.623. The van der Waals surface area contributed by atoms with Crippen LogP contribution in [0.2, 0.25) is 0 Å². The zero-order valence-corrected chi connectivity index (χ0v) is 13.8. The lowest BCUT2D eigenvalue weighted by Gasteiger charge is -2.32. The summed E-state index contributed by atoms with van der Waals surface area (Å²) in [5.41, 5.74) is 0.233. The van der Waals surface area contributed by atoms with E-state index in [4.69, 9.17) is 9.31 Å². The quantitative estimate of drug-likeness (QED) is 0.554. The van der Waals surface area contributed by atoms with Crippen LogP contribution in [-0.4, -0.2) is 31.3 Å². The standard InChI is InChI=1S/C12H14BFIN3O2/c1-11(2)12(3,4)20-13(19-11)9-8-5-7(14)6-16-10(8)18(15)17-9/h5-6H,1-4H3.